The van der Waals surface area contributed by atoms with Gasteiger partial charge in [0.2, 0.25) is 0 Å². The maximum Gasteiger partial charge on any atom is 0.0833 e. The van der Waals surface area contributed by atoms with Crippen LogP contribution in [0.15, 0.2) is 0 Å². The van der Waals surface area contributed by atoms with Gasteiger partial charge in [-0.05, 0) is 19.8 Å². The van der Waals surface area contributed by atoms with E-state index in [2.05, 4.69) is 41.9 Å². The summed E-state index contributed by atoms with van der Waals surface area (Å²) < 4.78 is 13.7. The second-order valence-corrected chi connectivity index (χ2v) is 12.2. The lowest BCUT2D eigenvalue weighted by molar-refractivity contribution is -0.870. The van der Waals surface area contributed by atoms with Gasteiger partial charge in [0, 0.05) is 13.0 Å². The summed E-state index contributed by atoms with van der Waals surface area (Å²) in [4.78, 5) is 0. The van der Waals surface area contributed by atoms with Gasteiger partial charge in [-0.3, -0.25) is 0 Å². The SMILES string of the molecule is CCCCCCCCCCCCCC(OCCCCCCCCCC)C(C)OCCC[N+](C)(C)C. The number of quaternary nitrogens is 1. The predicted octanol–water partition coefficient (Wildman–Crippen LogP) is 9.71. The van der Waals surface area contributed by atoms with E-state index < -0.39 is 0 Å². The molecule has 0 bridgehead atoms. The highest BCUT2D eigenvalue weighted by Gasteiger charge is 2.19. The highest BCUT2D eigenvalue weighted by atomic mass is 16.5. The molecular weight excluding hydrogens is 430 g/mol. The minimum absolute atomic E-state index is 0.208. The molecule has 0 aromatic rings. The largest absolute Gasteiger partial charge is 0.376 e. The van der Waals surface area contributed by atoms with E-state index in [1.54, 1.807) is 0 Å². The van der Waals surface area contributed by atoms with Crippen molar-refractivity contribution in [1.29, 1.82) is 0 Å². The molecule has 0 amide bonds. The van der Waals surface area contributed by atoms with E-state index in [4.69, 9.17) is 9.47 Å². The maximum absolute atomic E-state index is 6.41. The first-order valence-electron chi connectivity index (χ1n) is 15.9. The van der Waals surface area contributed by atoms with Crippen LogP contribution in [0.1, 0.15) is 156 Å². The molecule has 2 unspecified atom stereocenters. The molecule has 35 heavy (non-hydrogen) atoms. The third-order valence-electron chi connectivity index (χ3n) is 7.30. The van der Waals surface area contributed by atoms with Crippen LogP contribution in [0.2, 0.25) is 0 Å². The molecular formula is C32H68NO2+. The van der Waals surface area contributed by atoms with E-state index in [1.807, 2.05) is 0 Å². The van der Waals surface area contributed by atoms with Crippen LogP contribution >= 0.6 is 0 Å². The summed E-state index contributed by atoms with van der Waals surface area (Å²) >= 11 is 0. The van der Waals surface area contributed by atoms with Crippen molar-refractivity contribution in [2.45, 2.75) is 168 Å². The quantitative estimate of drug-likeness (QED) is 0.0789. The maximum atomic E-state index is 6.41. The number of ether oxygens (including phenoxy) is 2. The number of hydrogen-bond acceptors (Lipinski definition) is 2. The van der Waals surface area contributed by atoms with E-state index >= 15 is 0 Å². The van der Waals surface area contributed by atoms with Crippen LogP contribution in [0.25, 0.3) is 0 Å². The molecule has 212 valence electrons. The smallest absolute Gasteiger partial charge is 0.0833 e. The molecule has 0 heterocycles. The van der Waals surface area contributed by atoms with Crippen molar-refractivity contribution in [3.8, 4) is 0 Å². The predicted molar refractivity (Wildman–Crippen MR) is 156 cm³/mol. The summed E-state index contributed by atoms with van der Waals surface area (Å²) in [5, 5.41) is 0. The third-order valence-corrected chi connectivity index (χ3v) is 7.30. The Labute approximate surface area is 222 Å². The topological polar surface area (TPSA) is 18.5 Å². The molecule has 0 saturated carbocycles. The van der Waals surface area contributed by atoms with E-state index in [-0.39, 0.29) is 12.2 Å². The summed E-state index contributed by atoms with van der Waals surface area (Å²) in [5.74, 6) is 0. The molecule has 0 aliphatic heterocycles. The number of unbranched alkanes of at least 4 members (excludes halogenated alkanes) is 17. The zero-order valence-corrected chi connectivity index (χ0v) is 25.4. The average Bonchev–Trinajstić information content (AvgIpc) is 2.82. The van der Waals surface area contributed by atoms with Gasteiger partial charge in [0.25, 0.3) is 0 Å². The van der Waals surface area contributed by atoms with Crippen LogP contribution in [0, 0.1) is 0 Å². The van der Waals surface area contributed by atoms with Crippen molar-refractivity contribution in [2.24, 2.45) is 0 Å². The van der Waals surface area contributed by atoms with Crippen LogP contribution in [-0.2, 0) is 9.47 Å². The number of rotatable bonds is 28. The third kappa shape index (κ3) is 26.7. The molecule has 0 rings (SSSR count). The van der Waals surface area contributed by atoms with Gasteiger partial charge < -0.3 is 14.0 Å². The molecule has 0 fully saturated rings. The van der Waals surface area contributed by atoms with Crippen LogP contribution in [0.5, 0.6) is 0 Å². The van der Waals surface area contributed by atoms with Crippen LogP contribution in [-0.4, -0.2) is 57.6 Å². The lowest BCUT2D eigenvalue weighted by Crippen LogP contribution is -2.36. The summed E-state index contributed by atoms with van der Waals surface area (Å²) in [6.45, 7) is 9.75. The van der Waals surface area contributed by atoms with Crippen molar-refractivity contribution in [2.75, 3.05) is 40.9 Å². The Morgan fingerprint density at radius 3 is 1.34 bits per heavy atom. The lowest BCUT2D eigenvalue weighted by atomic mass is 10.0. The summed E-state index contributed by atoms with van der Waals surface area (Å²) in [5.41, 5.74) is 0. The van der Waals surface area contributed by atoms with Crippen LogP contribution in [0.3, 0.4) is 0 Å². The molecule has 3 heteroatoms. The molecule has 0 N–H and O–H groups in total. The first-order chi connectivity index (χ1) is 16.9. The minimum atomic E-state index is 0.208. The second-order valence-electron chi connectivity index (χ2n) is 12.2. The molecule has 0 aromatic heterocycles. The fourth-order valence-corrected chi connectivity index (χ4v) is 4.85. The number of nitrogens with zero attached hydrogens (tertiary/aromatic N) is 1. The van der Waals surface area contributed by atoms with Crippen molar-refractivity contribution in [3.63, 3.8) is 0 Å². The van der Waals surface area contributed by atoms with Crippen molar-refractivity contribution in [1.82, 2.24) is 0 Å². The lowest BCUT2D eigenvalue weighted by Gasteiger charge is -2.27. The fourth-order valence-electron chi connectivity index (χ4n) is 4.85. The Bertz CT molecular complexity index is 407. The molecule has 0 saturated heterocycles. The second kappa shape index (κ2) is 25.5. The van der Waals surface area contributed by atoms with Gasteiger partial charge >= 0.3 is 0 Å². The van der Waals surface area contributed by atoms with E-state index in [0.29, 0.717) is 0 Å². The standard InChI is InChI=1S/C32H68NO2/c1-7-9-11-13-15-17-18-19-20-22-24-27-32(31(3)34-30-26-28-33(4,5)6)35-29-25-23-21-16-14-12-10-8-2/h31-32H,7-30H2,1-6H3/q+1. The first-order valence-corrected chi connectivity index (χ1v) is 15.9. The van der Waals surface area contributed by atoms with Crippen molar-refractivity contribution < 1.29 is 14.0 Å². The highest BCUT2D eigenvalue weighted by molar-refractivity contribution is 4.67. The first kappa shape index (κ1) is 34.9. The van der Waals surface area contributed by atoms with Gasteiger partial charge in [0.15, 0.2) is 0 Å². The van der Waals surface area contributed by atoms with Gasteiger partial charge in [0.05, 0.1) is 46.5 Å². The molecule has 0 aromatic carbocycles. The average molecular weight is 499 g/mol. The van der Waals surface area contributed by atoms with Crippen molar-refractivity contribution >= 4 is 0 Å². The summed E-state index contributed by atoms with van der Waals surface area (Å²) in [6, 6.07) is 0. The van der Waals surface area contributed by atoms with E-state index in [1.165, 1.54) is 122 Å². The highest BCUT2D eigenvalue weighted by Crippen LogP contribution is 2.17. The molecule has 0 aliphatic carbocycles. The Morgan fingerprint density at radius 2 is 0.886 bits per heavy atom. The molecule has 0 radical (unpaired) electrons. The Kier molecular flexibility index (Phi) is 25.4. The van der Waals surface area contributed by atoms with Gasteiger partial charge in [0.1, 0.15) is 0 Å². The molecule has 0 aliphatic rings. The van der Waals surface area contributed by atoms with Gasteiger partial charge in [-0.2, -0.15) is 0 Å². The zero-order chi connectivity index (χ0) is 26.0. The van der Waals surface area contributed by atoms with Gasteiger partial charge in [-0.1, -0.05) is 129 Å². The molecule has 0 spiro atoms. The Balaban J connectivity index is 4.06. The van der Waals surface area contributed by atoms with Crippen LogP contribution < -0.4 is 0 Å². The monoisotopic (exact) mass is 499 g/mol. The van der Waals surface area contributed by atoms with Crippen LogP contribution in [0.4, 0.5) is 0 Å². The summed E-state index contributed by atoms with van der Waals surface area (Å²) in [6.07, 6.45) is 29.0. The van der Waals surface area contributed by atoms with Gasteiger partial charge in [-0.25, -0.2) is 0 Å². The molecule has 3 nitrogen and oxygen atoms in total. The van der Waals surface area contributed by atoms with Crippen molar-refractivity contribution in [3.05, 3.63) is 0 Å². The molecule has 2 atom stereocenters. The Morgan fingerprint density at radius 1 is 0.486 bits per heavy atom. The fraction of sp³-hybridized carbons (Fsp3) is 1.00. The van der Waals surface area contributed by atoms with E-state index in [0.717, 1.165) is 37.1 Å². The summed E-state index contributed by atoms with van der Waals surface area (Å²) in [7, 11) is 6.77. The normalized spacial score (nSPS) is 13.9. The van der Waals surface area contributed by atoms with Gasteiger partial charge in [-0.15, -0.1) is 0 Å². The minimum Gasteiger partial charge on any atom is -0.376 e. The Hall–Kier alpha value is -0.120. The van der Waals surface area contributed by atoms with E-state index in [9.17, 15) is 0 Å². The number of hydrogen-bond donors (Lipinski definition) is 0. The zero-order valence-electron chi connectivity index (χ0n) is 25.4.